The Labute approximate surface area is 107 Å². The Hall–Kier alpha value is -0.630. The first-order chi connectivity index (χ1) is 7.51. The van der Waals surface area contributed by atoms with E-state index in [0.29, 0.717) is 13.1 Å². The standard InChI is InChI=1S/C9H16N4O2S.ClH/c1-12-9(4-5-11-12)16(14,15)13-6-2-3-8(10)7-13;/h4-5,8H,2-3,6-7,10H2,1H3;1H/t8-;/m1./s1. The number of nitrogens with zero attached hydrogens (tertiary/aromatic N) is 3. The summed E-state index contributed by atoms with van der Waals surface area (Å²) in [5.74, 6) is 0. The van der Waals surface area contributed by atoms with Gasteiger partial charge < -0.3 is 5.73 Å². The van der Waals surface area contributed by atoms with Gasteiger partial charge in [-0.25, -0.2) is 8.42 Å². The number of sulfonamides is 1. The molecule has 1 aromatic rings. The second-order valence-corrected chi connectivity index (χ2v) is 5.94. The van der Waals surface area contributed by atoms with Crippen molar-refractivity contribution in [1.82, 2.24) is 14.1 Å². The number of piperidine rings is 1. The molecular formula is C9H17ClN4O2S. The minimum absolute atomic E-state index is 0. The summed E-state index contributed by atoms with van der Waals surface area (Å²) >= 11 is 0. The summed E-state index contributed by atoms with van der Waals surface area (Å²) in [6, 6.07) is 1.45. The summed E-state index contributed by atoms with van der Waals surface area (Å²) in [6.45, 7) is 0.939. The van der Waals surface area contributed by atoms with Crippen molar-refractivity contribution in [2.45, 2.75) is 23.9 Å². The van der Waals surface area contributed by atoms with E-state index in [1.54, 1.807) is 7.05 Å². The zero-order chi connectivity index (χ0) is 11.8. The summed E-state index contributed by atoms with van der Waals surface area (Å²) in [5.41, 5.74) is 5.78. The lowest BCUT2D eigenvalue weighted by atomic mass is 10.1. The quantitative estimate of drug-likeness (QED) is 0.824. The van der Waals surface area contributed by atoms with Crippen molar-refractivity contribution in [3.05, 3.63) is 12.3 Å². The molecule has 0 unspecified atom stereocenters. The third kappa shape index (κ3) is 2.79. The van der Waals surface area contributed by atoms with Crippen LogP contribution in [0.15, 0.2) is 17.3 Å². The van der Waals surface area contributed by atoms with Crippen LogP contribution >= 0.6 is 12.4 Å². The molecule has 6 nitrogen and oxygen atoms in total. The highest BCUT2D eigenvalue weighted by atomic mass is 35.5. The van der Waals surface area contributed by atoms with Crippen molar-refractivity contribution < 1.29 is 8.42 Å². The summed E-state index contributed by atoms with van der Waals surface area (Å²) in [5, 5.41) is 4.10. The molecule has 2 rings (SSSR count). The lowest BCUT2D eigenvalue weighted by molar-refractivity contribution is 0.314. The molecule has 2 heterocycles. The van der Waals surface area contributed by atoms with Crippen LogP contribution < -0.4 is 5.73 Å². The maximum atomic E-state index is 12.2. The van der Waals surface area contributed by atoms with Crippen molar-refractivity contribution in [3.8, 4) is 0 Å². The first-order valence-corrected chi connectivity index (χ1v) is 6.69. The number of hydrogen-bond donors (Lipinski definition) is 1. The highest BCUT2D eigenvalue weighted by Gasteiger charge is 2.30. The lowest BCUT2D eigenvalue weighted by Gasteiger charge is -2.29. The highest BCUT2D eigenvalue weighted by Crippen LogP contribution is 2.19. The van der Waals surface area contributed by atoms with Gasteiger partial charge in [0.25, 0.3) is 10.0 Å². The number of aryl methyl sites for hydroxylation is 1. The van der Waals surface area contributed by atoms with Crippen LogP contribution in [0.2, 0.25) is 0 Å². The van der Waals surface area contributed by atoms with E-state index in [1.165, 1.54) is 21.3 Å². The molecule has 1 saturated heterocycles. The predicted octanol–water partition coefficient (Wildman–Crippen LogP) is -0.0463. The normalized spacial score (nSPS) is 22.1. The maximum Gasteiger partial charge on any atom is 0.260 e. The van der Waals surface area contributed by atoms with E-state index in [0.717, 1.165) is 12.8 Å². The number of aromatic nitrogens is 2. The molecule has 2 N–H and O–H groups in total. The Morgan fingerprint density at radius 1 is 1.53 bits per heavy atom. The van der Waals surface area contributed by atoms with E-state index >= 15 is 0 Å². The third-order valence-corrected chi connectivity index (χ3v) is 4.74. The van der Waals surface area contributed by atoms with Crippen molar-refractivity contribution in [2.75, 3.05) is 13.1 Å². The largest absolute Gasteiger partial charge is 0.327 e. The maximum absolute atomic E-state index is 12.2. The van der Waals surface area contributed by atoms with E-state index in [4.69, 9.17) is 5.73 Å². The van der Waals surface area contributed by atoms with Crippen molar-refractivity contribution in [3.63, 3.8) is 0 Å². The van der Waals surface area contributed by atoms with Gasteiger partial charge in [-0.05, 0) is 18.9 Å². The molecule has 98 valence electrons. The van der Waals surface area contributed by atoms with Crippen molar-refractivity contribution >= 4 is 22.4 Å². The van der Waals surface area contributed by atoms with Gasteiger partial charge in [0, 0.05) is 26.2 Å². The molecule has 8 heteroatoms. The molecule has 1 aromatic heterocycles. The predicted molar refractivity (Wildman–Crippen MR) is 66.4 cm³/mol. The highest BCUT2D eigenvalue weighted by molar-refractivity contribution is 7.89. The Morgan fingerprint density at radius 3 is 2.76 bits per heavy atom. The number of rotatable bonds is 2. The molecular weight excluding hydrogens is 264 g/mol. The van der Waals surface area contributed by atoms with Gasteiger partial charge in [-0.15, -0.1) is 12.4 Å². The molecule has 0 spiro atoms. The van der Waals surface area contributed by atoms with Gasteiger partial charge in [-0.2, -0.15) is 9.40 Å². The van der Waals surface area contributed by atoms with Crippen molar-refractivity contribution in [1.29, 1.82) is 0 Å². The van der Waals surface area contributed by atoms with E-state index in [-0.39, 0.29) is 23.5 Å². The fourth-order valence-corrected chi connectivity index (χ4v) is 3.57. The summed E-state index contributed by atoms with van der Waals surface area (Å²) in [4.78, 5) is 0. The van der Waals surface area contributed by atoms with Gasteiger partial charge in [0.1, 0.15) is 0 Å². The Kier molecular flexibility index (Phi) is 4.54. The van der Waals surface area contributed by atoms with Crippen molar-refractivity contribution in [2.24, 2.45) is 12.8 Å². The third-order valence-electron chi connectivity index (χ3n) is 2.80. The second kappa shape index (κ2) is 5.34. The van der Waals surface area contributed by atoms with Crippen LogP contribution in [0.5, 0.6) is 0 Å². The van der Waals surface area contributed by atoms with Crippen LogP contribution in [0.1, 0.15) is 12.8 Å². The molecule has 1 aliphatic heterocycles. The molecule has 1 aliphatic rings. The molecule has 17 heavy (non-hydrogen) atoms. The van der Waals surface area contributed by atoms with Gasteiger partial charge in [-0.3, -0.25) is 4.68 Å². The smallest absolute Gasteiger partial charge is 0.260 e. The summed E-state index contributed by atoms with van der Waals surface area (Å²) in [6.07, 6.45) is 3.19. The molecule has 0 aromatic carbocycles. The molecule has 0 radical (unpaired) electrons. The molecule has 1 atom stereocenters. The summed E-state index contributed by atoms with van der Waals surface area (Å²) in [7, 11) is -1.81. The molecule has 0 saturated carbocycles. The van der Waals surface area contributed by atoms with E-state index in [9.17, 15) is 8.42 Å². The van der Waals surface area contributed by atoms with Crippen LogP contribution in [-0.4, -0.2) is 41.6 Å². The average molecular weight is 281 g/mol. The lowest BCUT2D eigenvalue weighted by Crippen LogP contribution is -2.46. The zero-order valence-electron chi connectivity index (χ0n) is 9.61. The van der Waals surface area contributed by atoms with Gasteiger partial charge in [-0.1, -0.05) is 0 Å². The van der Waals surface area contributed by atoms with Crippen LogP contribution in [0.25, 0.3) is 0 Å². The molecule has 0 bridgehead atoms. The van der Waals surface area contributed by atoms with E-state index < -0.39 is 10.0 Å². The fraction of sp³-hybridized carbons (Fsp3) is 0.667. The molecule has 0 aliphatic carbocycles. The summed E-state index contributed by atoms with van der Waals surface area (Å²) < 4.78 is 27.3. The Bertz CT molecular complexity index is 473. The van der Waals surface area contributed by atoms with Crippen LogP contribution in [0.3, 0.4) is 0 Å². The first-order valence-electron chi connectivity index (χ1n) is 5.25. The van der Waals surface area contributed by atoms with Gasteiger partial charge in [0.15, 0.2) is 5.03 Å². The Morgan fingerprint density at radius 2 is 2.24 bits per heavy atom. The zero-order valence-corrected chi connectivity index (χ0v) is 11.2. The SMILES string of the molecule is Cl.Cn1nccc1S(=O)(=O)N1CCC[C@@H](N)C1. The molecule has 1 fully saturated rings. The van der Waals surface area contributed by atoms with Gasteiger partial charge in [0.05, 0.1) is 6.20 Å². The number of nitrogens with two attached hydrogens (primary N) is 1. The van der Waals surface area contributed by atoms with Gasteiger partial charge in [0.2, 0.25) is 0 Å². The van der Waals surface area contributed by atoms with Crippen LogP contribution in [0.4, 0.5) is 0 Å². The minimum Gasteiger partial charge on any atom is -0.327 e. The van der Waals surface area contributed by atoms with E-state index in [1.807, 2.05) is 0 Å². The second-order valence-electron chi connectivity index (χ2n) is 4.06. The number of halogens is 1. The fourth-order valence-electron chi connectivity index (χ4n) is 1.94. The van der Waals surface area contributed by atoms with Crippen LogP contribution in [0, 0.1) is 0 Å². The molecule has 0 amide bonds. The first kappa shape index (κ1) is 14.4. The van der Waals surface area contributed by atoms with Crippen LogP contribution in [-0.2, 0) is 17.1 Å². The Balaban J connectivity index is 0.00000144. The van der Waals surface area contributed by atoms with Gasteiger partial charge >= 0.3 is 0 Å². The number of hydrogen-bond acceptors (Lipinski definition) is 4. The van der Waals surface area contributed by atoms with E-state index in [2.05, 4.69) is 5.10 Å². The topological polar surface area (TPSA) is 81.2 Å². The monoisotopic (exact) mass is 280 g/mol. The minimum atomic E-state index is -3.43. The average Bonchev–Trinajstić information content (AvgIpc) is 2.65.